The summed E-state index contributed by atoms with van der Waals surface area (Å²) in [7, 11) is 0. The summed E-state index contributed by atoms with van der Waals surface area (Å²) in [5.41, 5.74) is 6.93. The number of hydrogen-bond acceptors (Lipinski definition) is 1. The van der Waals surface area contributed by atoms with E-state index in [1.807, 2.05) is 25.1 Å². The van der Waals surface area contributed by atoms with Crippen LogP contribution in [0, 0.1) is 6.92 Å². The summed E-state index contributed by atoms with van der Waals surface area (Å²) in [6.07, 6.45) is 3.76. The maximum Gasteiger partial charge on any atom is 0.221 e. The maximum absolute atomic E-state index is 10.5. The van der Waals surface area contributed by atoms with Gasteiger partial charge in [0.05, 0.1) is 5.02 Å². The van der Waals surface area contributed by atoms with Gasteiger partial charge in [-0.3, -0.25) is 4.79 Å². The lowest BCUT2D eigenvalue weighted by Crippen LogP contribution is -2.07. The van der Waals surface area contributed by atoms with Crippen molar-refractivity contribution >= 4 is 23.6 Å². The van der Waals surface area contributed by atoms with Crippen LogP contribution in [0.5, 0.6) is 0 Å². The van der Waals surface area contributed by atoms with E-state index in [0.29, 0.717) is 5.02 Å². The summed E-state index contributed by atoms with van der Waals surface area (Å²) >= 11 is 6.04. The lowest BCUT2D eigenvalue weighted by atomic mass is 10.1. The molecule has 0 radical (unpaired) electrons. The summed E-state index contributed by atoms with van der Waals surface area (Å²) in [4.78, 5) is 10.5. The number of halogens is 1. The summed E-state index contributed by atoms with van der Waals surface area (Å²) in [5.74, 6) is -0.343. The zero-order chi connectivity index (χ0) is 10.6. The molecular formula is C11H12ClNO. The Balaban J connectivity index is 2.81. The van der Waals surface area contributed by atoms with Gasteiger partial charge in [0.15, 0.2) is 0 Å². The molecule has 0 aromatic heterocycles. The van der Waals surface area contributed by atoms with Crippen molar-refractivity contribution in [2.24, 2.45) is 5.73 Å². The second-order valence-corrected chi connectivity index (χ2v) is 3.43. The van der Waals surface area contributed by atoms with E-state index >= 15 is 0 Å². The Morgan fingerprint density at radius 2 is 2.29 bits per heavy atom. The number of amides is 1. The molecule has 0 aliphatic heterocycles. The molecule has 0 atom stereocenters. The van der Waals surface area contributed by atoms with Gasteiger partial charge in [0.25, 0.3) is 0 Å². The van der Waals surface area contributed by atoms with Crippen LogP contribution >= 0.6 is 11.6 Å². The third-order valence-corrected chi connectivity index (χ3v) is 2.35. The zero-order valence-electron chi connectivity index (χ0n) is 7.96. The molecule has 0 unspecified atom stereocenters. The van der Waals surface area contributed by atoms with Crippen LogP contribution in [0.4, 0.5) is 0 Å². The number of primary amides is 1. The van der Waals surface area contributed by atoms with Gasteiger partial charge in [-0.1, -0.05) is 42.0 Å². The molecule has 2 nitrogen and oxygen atoms in total. The van der Waals surface area contributed by atoms with E-state index < -0.39 is 0 Å². The Kier molecular flexibility index (Phi) is 3.72. The fraction of sp³-hybridized carbons (Fsp3) is 0.182. The monoisotopic (exact) mass is 209 g/mol. The minimum Gasteiger partial charge on any atom is -0.369 e. The van der Waals surface area contributed by atoms with E-state index in [4.69, 9.17) is 17.3 Å². The smallest absolute Gasteiger partial charge is 0.221 e. The molecule has 1 rings (SSSR count). The molecule has 3 heteroatoms. The number of carbonyl (C=O) groups excluding carboxylic acids is 1. The van der Waals surface area contributed by atoms with Crippen LogP contribution in [-0.2, 0) is 4.79 Å². The van der Waals surface area contributed by atoms with Crippen LogP contribution < -0.4 is 5.73 Å². The zero-order valence-corrected chi connectivity index (χ0v) is 8.71. The van der Waals surface area contributed by atoms with E-state index in [2.05, 4.69) is 0 Å². The molecule has 0 spiro atoms. The Bertz CT molecular complexity index is 372. The first-order chi connectivity index (χ1) is 6.61. The first-order valence-electron chi connectivity index (χ1n) is 4.31. The van der Waals surface area contributed by atoms with Crippen molar-refractivity contribution in [3.8, 4) is 0 Å². The topological polar surface area (TPSA) is 43.1 Å². The SMILES string of the molecule is Cc1cccc(C=CCC(N)=O)c1Cl. The van der Waals surface area contributed by atoms with Gasteiger partial charge in [-0.2, -0.15) is 0 Å². The van der Waals surface area contributed by atoms with Crippen LogP contribution in [-0.4, -0.2) is 5.91 Å². The number of hydrogen-bond donors (Lipinski definition) is 1. The Labute approximate surface area is 88.4 Å². The largest absolute Gasteiger partial charge is 0.369 e. The van der Waals surface area contributed by atoms with Gasteiger partial charge in [-0.05, 0) is 18.1 Å². The van der Waals surface area contributed by atoms with E-state index in [9.17, 15) is 4.79 Å². The van der Waals surface area contributed by atoms with Crippen LogP contribution in [0.2, 0.25) is 5.02 Å². The molecule has 0 saturated carbocycles. The van der Waals surface area contributed by atoms with Crippen molar-refractivity contribution in [2.45, 2.75) is 13.3 Å². The predicted molar refractivity (Wildman–Crippen MR) is 59.0 cm³/mol. The molecule has 2 N–H and O–H groups in total. The first kappa shape index (κ1) is 10.8. The van der Waals surface area contributed by atoms with Gasteiger partial charge < -0.3 is 5.73 Å². The third-order valence-electron chi connectivity index (χ3n) is 1.84. The Hall–Kier alpha value is -1.28. The van der Waals surface area contributed by atoms with Crippen LogP contribution in [0.15, 0.2) is 24.3 Å². The standard InChI is InChI=1S/C11H12ClNO/c1-8-4-2-5-9(11(8)12)6-3-7-10(13)14/h2-6H,7H2,1H3,(H2,13,14). The molecule has 0 aliphatic carbocycles. The van der Waals surface area contributed by atoms with Gasteiger partial charge >= 0.3 is 0 Å². The minimum atomic E-state index is -0.343. The van der Waals surface area contributed by atoms with Crippen LogP contribution in [0.1, 0.15) is 17.5 Å². The molecule has 74 valence electrons. The number of carbonyl (C=O) groups is 1. The Morgan fingerprint density at radius 1 is 1.57 bits per heavy atom. The number of nitrogens with two attached hydrogens (primary N) is 1. The lowest BCUT2D eigenvalue weighted by molar-refractivity contribution is -0.117. The average molecular weight is 210 g/mol. The van der Waals surface area contributed by atoms with Crippen molar-refractivity contribution in [1.82, 2.24) is 0 Å². The van der Waals surface area contributed by atoms with Crippen LogP contribution in [0.25, 0.3) is 6.08 Å². The maximum atomic E-state index is 10.5. The Morgan fingerprint density at radius 3 is 2.93 bits per heavy atom. The molecule has 0 bridgehead atoms. The van der Waals surface area contributed by atoms with Crippen molar-refractivity contribution in [2.75, 3.05) is 0 Å². The van der Waals surface area contributed by atoms with Gasteiger partial charge in [-0.15, -0.1) is 0 Å². The second kappa shape index (κ2) is 4.82. The molecular weight excluding hydrogens is 198 g/mol. The van der Waals surface area contributed by atoms with E-state index in [1.54, 1.807) is 12.2 Å². The van der Waals surface area contributed by atoms with E-state index in [1.165, 1.54) is 0 Å². The van der Waals surface area contributed by atoms with E-state index in [-0.39, 0.29) is 12.3 Å². The highest BCUT2D eigenvalue weighted by molar-refractivity contribution is 6.32. The lowest BCUT2D eigenvalue weighted by Gasteiger charge is -2.00. The molecule has 1 amide bonds. The summed E-state index contributed by atoms with van der Waals surface area (Å²) in [5, 5.41) is 0.716. The molecule has 0 saturated heterocycles. The summed E-state index contributed by atoms with van der Waals surface area (Å²) < 4.78 is 0. The predicted octanol–water partition coefficient (Wildman–Crippen LogP) is 2.54. The summed E-state index contributed by atoms with van der Waals surface area (Å²) in [6.45, 7) is 1.94. The van der Waals surface area contributed by atoms with Gasteiger partial charge in [0, 0.05) is 6.42 Å². The van der Waals surface area contributed by atoms with Crippen molar-refractivity contribution in [1.29, 1.82) is 0 Å². The minimum absolute atomic E-state index is 0.240. The second-order valence-electron chi connectivity index (χ2n) is 3.05. The van der Waals surface area contributed by atoms with Crippen molar-refractivity contribution < 1.29 is 4.79 Å². The number of benzene rings is 1. The average Bonchev–Trinajstić information content (AvgIpc) is 2.12. The molecule has 1 aromatic rings. The van der Waals surface area contributed by atoms with E-state index in [0.717, 1.165) is 11.1 Å². The molecule has 1 aromatic carbocycles. The molecule has 0 aliphatic rings. The van der Waals surface area contributed by atoms with Gasteiger partial charge in [0.1, 0.15) is 0 Å². The fourth-order valence-corrected chi connectivity index (χ4v) is 1.29. The fourth-order valence-electron chi connectivity index (χ4n) is 1.10. The highest BCUT2D eigenvalue weighted by atomic mass is 35.5. The number of rotatable bonds is 3. The first-order valence-corrected chi connectivity index (χ1v) is 4.69. The third kappa shape index (κ3) is 2.89. The summed E-state index contributed by atoms with van der Waals surface area (Å²) in [6, 6.07) is 5.76. The van der Waals surface area contributed by atoms with Crippen molar-refractivity contribution in [3.63, 3.8) is 0 Å². The van der Waals surface area contributed by atoms with Gasteiger partial charge in [-0.25, -0.2) is 0 Å². The molecule has 14 heavy (non-hydrogen) atoms. The number of aryl methyl sites for hydroxylation is 1. The normalized spacial score (nSPS) is 10.7. The molecule has 0 fully saturated rings. The highest BCUT2D eigenvalue weighted by Crippen LogP contribution is 2.21. The quantitative estimate of drug-likeness (QED) is 0.817. The molecule has 0 heterocycles. The van der Waals surface area contributed by atoms with Gasteiger partial charge in [0.2, 0.25) is 5.91 Å². The van der Waals surface area contributed by atoms with Crippen molar-refractivity contribution in [3.05, 3.63) is 40.4 Å². The highest BCUT2D eigenvalue weighted by Gasteiger charge is 1.98. The van der Waals surface area contributed by atoms with Crippen LogP contribution in [0.3, 0.4) is 0 Å².